The summed E-state index contributed by atoms with van der Waals surface area (Å²) in [5, 5.41) is 18.2. The second-order valence-electron chi connectivity index (χ2n) is 3.07. The van der Waals surface area contributed by atoms with Crippen LogP contribution in [0.3, 0.4) is 0 Å². The van der Waals surface area contributed by atoms with Crippen molar-refractivity contribution in [3.63, 3.8) is 0 Å². The fourth-order valence-corrected chi connectivity index (χ4v) is 1.12. The van der Waals surface area contributed by atoms with E-state index in [-0.39, 0.29) is 17.9 Å². The largest absolute Gasteiger partial charge is 0.504 e. The molecule has 1 unspecified atom stereocenters. The lowest BCUT2D eigenvalue weighted by Gasteiger charge is -2.08. The molecule has 0 bridgehead atoms. The van der Waals surface area contributed by atoms with Crippen LogP contribution >= 0.6 is 0 Å². The Kier molecular flexibility index (Phi) is 3.48. The lowest BCUT2D eigenvalue weighted by molar-refractivity contribution is -0.145. The number of carbonyl (C=O) groups excluding carboxylic acids is 1. The van der Waals surface area contributed by atoms with Crippen molar-refractivity contribution in [3.05, 3.63) is 23.8 Å². The van der Waals surface area contributed by atoms with E-state index < -0.39 is 12.0 Å². The Morgan fingerprint density at radius 3 is 2.60 bits per heavy atom. The van der Waals surface area contributed by atoms with E-state index in [1.54, 1.807) is 6.07 Å². The van der Waals surface area contributed by atoms with Gasteiger partial charge in [0.1, 0.15) is 6.04 Å². The van der Waals surface area contributed by atoms with Gasteiger partial charge in [-0.05, 0) is 24.1 Å². The summed E-state index contributed by atoms with van der Waals surface area (Å²) in [6.45, 7) is 0. The Balaban J connectivity index is 2.73. The first-order chi connectivity index (χ1) is 7.04. The van der Waals surface area contributed by atoms with Crippen LogP contribution in [0.25, 0.3) is 0 Å². The molecule has 0 aliphatic rings. The highest BCUT2D eigenvalue weighted by Gasteiger charge is 2.15. The van der Waals surface area contributed by atoms with E-state index in [1.807, 2.05) is 0 Å². The second-order valence-corrected chi connectivity index (χ2v) is 3.07. The van der Waals surface area contributed by atoms with Crippen LogP contribution in [0, 0.1) is 0 Å². The first-order valence-corrected chi connectivity index (χ1v) is 4.21. The molecule has 0 amide bonds. The van der Waals surface area contributed by atoms with Crippen molar-refractivity contribution >= 4 is 5.97 Å². The maximum Gasteiger partial charge on any atom is 0.341 e. The van der Waals surface area contributed by atoms with Crippen LogP contribution in [0.15, 0.2) is 18.2 Å². The molecule has 0 saturated carbocycles. The van der Waals surface area contributed by atoms with Gasteiger partial charge in [-0.1, -0.05) is 6.07 Å². The minimum absolute atomic E-state index is 0.171. The number of phenols is 2. The van der Waals surface area contributed by atoms with Crippen LogP contribution in [-0.4, -0.2) is 22.2 Å². The molecule has 0 fully saturated rings. The molecule has 1 aromatic rings. The minimum Gasteiger partial charge on any atom is -0.504 e. The predicted molar refractivity (Wildman–Crippen MR) is 51.7 cm³/mol. The zero-order valence-electron chi connectivity index (χ0n) is 7.88. The summed E-state index contributed by atoms with van der Waals surface area (Å²) in [5.41, 5.74) is 6.05. The van der Waals surface area contributed by atoms with Crippen LogP contribution in [0.2, 0.25) is 0 Å². The molecule has 15 heavy (non-hydrogen) atoms. The van der Waals surface area contributed by atoms with Gasteiger partial charge in [0.15, 0.2) is 11.5 Å². The average Bonchev–Trinajstić information content (AvgIpc) is 2.22. The fourth-order valence-electron chi connectivity index (χ4n) is 1.12. The highest BCUT2D eigenvalue weighted by atomic mass is 16.7. The maximum atomic E-state index is 10.9. The third kappa shape index (κ3) is 2.83. The Bertz CT molecular complexity index is 367. The molecule has 1 aromatic carbocycles. The number of hydrogen-bond donors (Lipinski definition) is 4. The van der Waals surface area contributed by atoms with Crippen LogP contribution in [-0.2, 0) is 16.1 Å². The summed E-state index contributed by atoms with van der Waals surface area (Å²) in [5.74, 6) is 3.44. The summed E-state index contributed by atoms with van der Waals surface area (Å²) >= 11 is 0. The number of hydrogen-bond acceptors (Lipinski definition) is 6. The minimum atomic E-state index is -0.890. The topological polar surface area (TPSA) is 119 Å². The molecule has 6 N–H and O–H groups in total. The van der Waals surface area contributed by atoms with Gasteiger partial charge in [0, 0.05) is 0 Å². The lowest BCUT2D eigenvalue weighted by Crippen LogP contribution is -2.35. The smallest absolute Gasteiger partial charge is 0.341 e. The summed E-state index contributed by atoms with van der Waals surface area (Å²) in [7, 11) is 0. The van der Waals surface area contributed by atoms with Crippen molar-refractivity contribution in [1.82, 2.24) is 0 Å². The van der Waals surface area contributed by atoms with Gasteiger partial charge in [0.25, 0.3) is 0 Å². The normalized spacial score (nSPS) is 12.1. The summed E-state index contributed by atoms with van der Waals surface area (Å²) < 4.78 is 0. The molecule has 0 radical (unpaired) electrons. The van der Waals surface area contributed by atoms with Gasteiger partial charge in [-0.25, -0.2) is 4.79 Å². The molecule has 0 aromatic heterocycles. The number of benzene rings is 1. The molecular weight excluding hydrogens is 200 g/mol. The number of carbonyl (C=O) groups is 1. The Morgan fingerprint density at radius 1 is 1.40 bits per heavy atom. The molecule has 6 nitrogen and oxygen atoms in total. The molecule has 6 heteroatoms. The monoisotopic (exact) mass is 212 g/mol. The third-order valence-corrected chi connectivity index (χ3v) is 1.91. The molecule has 0 aliphatic carbocycles. The van der Waals surface area contributed by atoms with Crippen LogP contribution in [0.5, 0.6) is 11.5 Å². The first-order valence-electron chi connectivity index (χ1n) is 4.21. The molecule has 1 atom stereocenters. The number of rotatable bonds is 3. The van der Waals surface area contributed by atoms with Crippen molar-refractivity contribution in [2.75, 3.05) is 0 Å². The molecule has 1 rings (SSSR count). The van der Waals surface area contributed by atoms with Crippen molar-refractivity contribution in [1.29, 1.82) is 0 Å². The van der Waals surface area contributed by atoms with Gasteiger partial charge in [-0.2, -0.15) is 5.90 Å². The average molecular weight is 212 g/mol. The first kappa shape index (κ1) is 11.3. The van der Waals surface area contributed by atoms with Crippen molar-refractivity contribution in [3.8, 4) is 11.5 Å². The Labute approximate surface area is 86.0 Å². The van der Waals surface area contributed by atoms with Gasteiger partial charge < -0.3 is 20.8 Å². The third-order valence-electron chi connectivity index (χ3n) is 1.91. The molecule has 0 spiro atoms. The summed E-state index contributed by atoms with van der Waals surface area (Å²) in [4.78, 5) is 14.8. The van der Waals surface area contributed by atoms with Gasteiger partial charge in [-0.3, -0.25) is 0 Å². The zero-order valence-corrected chi connectivity index (χ0v) is 7.88. The second kappa shape index (κ2) is 4.63. The molecule has 0 aliphatic heterocycles. The van der Waals surface area contributed by atoms with Crippen LogP contribution in [0.1, 0.15) is 5.56 Å². The summed E-state index contributed by atoms with van der Waals surface area (Å²) in [6.07, 6.45) is 0.171. The standard InChI is InChI=1S/C9H12N2O4/c10-6(9(14)15-11)3-5-1-2-7(12)8(13)4-5/h1-2,4,6,12-13H,3,10-11H2. The van der Waals surface area contributed by atoms with E-state index in [0.29, 0.717) is 5.56 Å². The van der Waals surface area contributed by atoms with Crippen LogP contribution < -0.4 is 11.6 Å². The van der Waals surface area contributed by atoms with Gasteiger partial charge >= 0.3 is 5.97 Å². The van der Waals surface area contributed by atoms with Crippen molar-refractivity contribution in [2.24, 2.45) is 11.6 Å². The van der Waals surface area contributed by atoms with E-state index in [4.69, 9.17) is 10.8 Å². The summed E-state index contributed by atoms with van der Waals surface area (Å²) in [6, 6.07) is 3.28. The lowest BCUT2D eigenvalue weighted by atomic mass is 10.1. The zero-order chi connectivity index (χ0) is 11.4. The van der Waals surface area contributed by atoms with E-state index in [0.717, 1.165) is 0 Å². The van der Waals surface area contributed by atoms with Crippen molar-refractivity contribution < 1.29 is 19.8 Å². The highest BCUT2D eigenvalue weighted by molar-refractivity contribution is 5.75. The van der Waals surface area contributed by atoms with E-state index in [2.05, 4.69) is 10.7 Å². The van der Waals surface area contributed by atoms with Gasteiger partial charge in [0.2, 0.25) is 0 Å². The fraction of sp³-hybridized carbons (Fsp3) is 0.222. The number of aromatic hydroxyl groups is 2. The molecular formula is C9H12N2O4. The van der Waals surface area contributed by atoms with Gasteiger partial charge in [-0.15, -0.1) is 0 Å². The quantitative estimate of drug-likeness (QED) is 0.392. The Hall–Kier alpha value is -1.79. The highest BCUT2D eigenvalue weighted by Crippen LogP contribution is 2.25. The van der Waals surface area contributed by atoms with E-state index in [9.17, 15) is 9.90 Å². The van der Waals surface area contributed by atoms with Gasteiger partial charge in [0.05, 0.1) is 0 Å². The van der Waals surface area contributed by atoms with Crippen molar-refractivity contribution in [2.45, 2.75) is 12.5 Å². The molecule has 82 valence electrons. The predicted octanol–water partition coefficient (Wildman–Crippen LogP) is -0.616. The number of nitrogens with two attached hydrogens (primary N) is 2. The SMILES string of the molecule is NOC(=O)C(N)Cc1ccc(O)c(O)c1. The Morgan fingerprint density at radius 2 is 2.07 bits per heavy atom. The van der Waals surface area contributed by atoms with Crippen LogP contribution in [0.4, 0.5) is 0 Å². The molecule has 0 saturated heterocycles. The molecule has 0 heterocycles. The maximum absolute atomic E-state index is 10.9. The van der Waals surface area contributed by atoms with E-state index in [1.165, 1.54) is 12.1 Å². The van der Waals surface area contributed by atoms with E-state index >= 15 is 0 Å². The number of phenolic OH excluding ortho intramolecular Hbond substituents is 2.